The molecule has 2 rings (SSSR count). The highest BCUT2D eigenvalue weighted by molar-refractivity contribution is 7.89. The predicted molar refractivity (Wildman–Crippen MR) is 113 cm³/mol. The van der Waals surface area contributed by atoms with Gasteiger partial charge in [0.25, 0.3) is 5.91 Å². The number of carbonyl (C=O) groups is 2. The topological polar surface area (TPSA) is 95.6 Å². The molecular weight excluding hydrogens is 414 g/mol. The Morgan fingerprint density at radius 3 is 2.41 bits per heavy atom. The van der Waals surface area contributed by atoms with Crippen LogP contribution in [0.15, 0.2) is 47.4 Å². The fourth-order valence-corrected chi connectivity index (χ4v) is 3.50. The zero-order valence-electron chi connectivity index (χ0n) is 16.7. The van der Waals surface area contributed by atoms with E-state index in [1.807, 2.05) is 0 Å². The maximum atomic E-state index is 12.6. The number of carbonyl (C=O) groups excluding carboxylic acids is 2. The number of nitrogens with zero attached hydrogens (tertiary/aromatic N) is 1. The van der Waals surface area contributed by atoms with Crippen LogP contribution in [0.3, 0.4) is 0 Å². The lowest BCUT2D eigenvalue weighted by molar-refractivity contribution is -0.118. The van der Waals surface area contributed by atoms with Crippen molar-refractivity contribution in [2.24, 2.45) is 5.92 Å². The van der Waals surface area contributed by atoms with Crippen molar-refractivity contribution in [2.75, 3.05) is 19.4 Å². The van der Waals surface area contributed by atoms with E-state index < -0.39 is 15.9 Å². The number of amides is 2. The van der Waals surface area contributed by atoms with Gasteiger partial charge in [-0.05, 0) is 35.9 Å². The lowest BCUT2D eigenvalue weighted by Gasteiger charge is -2.13. The van der Waals surface area contributed by atoms with E-state index in [2.05, 4.69) is 10.6 Å². The van der Waals surface area contributed by atoms with Gasteiger partial charge in [0.2, 0.25) is 15.9 Å². The summed E-state index contributed by atoms with van der Waals surface area (Å²) in [5.41, 5.74) is 1.47. The van der Waals surface area contributed by atoms with E-state index in [0.29, 0.717) is 5.69 Å². The second-order valence-electron chi connectivity index (χ2n) is 6.96. The fraction of sp³-hybridized carbons (Fsp3) is 0.300. The van der Waals surface area contributed by atoms with Crippen molar-refractivity contribution in [3.8, 4) is 0 Å². The van der Waals surface area contributed by atoms with Gasteiger partial charge >= 0.3 is 0 Å². The van der Waals surface area contributed by atoms with Gasteiger partial charge in [-0.15, -0.1) is 0 Å². The number of rotatable bonds is 7. The molecule has 0 aliphatic rings. The van der Waals surface area contributed by atoms with Crippen LogP contribution in [0.25, 0.3) is 0 Å². The maximum Gasteiger partial charge on any atom is 0.253 e. The third-order valence-electron chi connectivity index (χ3n) is 4.13. The molecule has 29 heavy (non-hydrogen) atoms. The van der Waals surface area contributed by atoms with Gasteiger partial charge < -0.3 is 10.6 Å². The summed E-state index contributed by atoms with van der Waals surface area (Å²) in [4.78, 5) is 24.4. The summed E-state index contributed by atoms with van der Waals surface area (Å²) >= 11 is 6.10. The maximum absolute atomic E-state index is 12.6. The lowest BCUT2D eigenvalue weighted by atomic mass is 10.1. The van der Waals surface area contributed by atoms with E-state index in [9.17, 15) is 18.0 Å². The normalized spacial score (nSPS) is 11.6. The first-order valence-electron chi connectivity index (χ1n) is 8.92. The van der Waals surface area contributed by atoms with Crippen molar-refractivity contribution in [2.45, 2.75) is 25.3 Å². The zero-order valence-corrected chi connectivity index (χ0v) is 18.3. The highest BCUT2D eigenvalue weighted by Gasteiger charge is 2.20. The van der Waals surface area contributed by atoms with Crippen LogP contribution in [0.2, 0.25) is 5.02 Å². The third-order valence-corrected chi connectivity index (χ3v) is 6.27. The molecule has 0 aromatic heterocycles. The number of nitrogens with one attached hydrogen (secondary N) is 2. The molecule has 0 radical (unpaired) electrons. The summed E-state index contributed by atoms with van der Waals surface area (Å²) in [7, 11) is -0.864. The first kappa shape index (κ1) is 22.9. The van der Waals surface area contributed by atoms with Gasteiger partial charge in [-0.25, -0.2) is 12.7 Å². The summed E-state index contributed by atoms with van der Waals surface area (Å²) in [6.07, 6.45) is 0. The van der Waals surface area contributed by atoms with E-state index in [1.165, 1.54) is 32.3 Å². The summed E-state index contributed by atoms with van der Waals surface area (Å²) in [5, 5.41) is 5.67. The molecule has 2 aromatic rings. The Balaban J connectivity index is 2.15. The second kappa shape index (κ2) is 9.39. The molecule has 7 nitrogen and oxygen atoms in total. The molecule has 0 bridgehead atoms. The lowest BCUT2D eigenvalue weighted by Crippen LogP contribution is -2.25. The molecule has 0 fully saturated rings. The van der Waals surface area contributed by atoms with Crippen molar-refractivity contribution in [3.05, 3.63) is 58.6 Å². The Hall–Kier alpha value is -2.42. The highest BCUT2D eigenvalue weighted by Crippen LogP contribution is 2.22. The first-order chi connectivity index (χ1) is 13.5. The average Bonchev–Trinajstić information content (AvgIpc) is 2.66. The number of hydrogen-bond donors (Lipinski definition) is 2. The minimum Gasteiger partial charge on any atom is -0.348 e. The molecule has 0 unspecified atom stereocenters. The van der Waals surface area contributed by atoms with Crippen molar-refractivity contribution >= 4 is 39.1 Å². The minimum atomic E-state index is -3.69. The molecule has 156 valence electrons. The first-order valence-corrected chi connectivity index (χ1v) is 10.7. The number of sulfonamides is 1. The van der Waals surface area contributed by atoms with Crippen LogP contribution < -0.4 is 10.6 Å². The Kier molecular flexibility index (Phi) is 7.40. The van der Waals surface area contributed by atoms with Crippen LogP contribution in [-0.2, 0) is 21.4 Å². The third kappa shape index (κ3) is 5.79. The van der Waals surface area contributed by atoms with Crippen molar-refractivity contribution in [1.82, 2.24) is 9.62 Å². The summed E-state index contributed by atoms with van der Waals surface area (Å²) in [5.74, 6) is -0.745. The van der Waals surface area contributed by atoms with E-state index in [-0.39, 0.29) is 33.9 Å². The zero-order chi connectivity index (χ0) is 21.8. The van der Waals surface area contributed by atoms with E-state index >= 15 is 0 Å². The molecule has 0 heterocycles. The van der Waals surface area contributed by atoms with Crippen LogP contribution in [-0.4, -0.2) is 38.6 Å². The molecule has 0 spiro atoms. The standard InChI is InChI=1S/C20H24ClN3O4S/c1-13(2)19(25)23-15-7-5-6-14(10-15)12-22-20(26)17-11-16(8-9-18(17)21)29(27,28)24(3)4/h5-11,13H,12H2,1-4H3,(H,22,26)(H,23,25). The van der Waals surface area contributed by atoms with Crippen LogP contribution >= 0.6 is 11.6 Å². The molecule has 0 aliphatic heterocycles. The molecule has 0 aliphatic carbocycles. The van der Waals surface area contributed by atoms with Crippen molar-refractivity contribution in [1.29, 1.82) is 0 Å². The van der Waals surface area contributed by atoms with Gasteiger partial charge in [-0.1, -0.05) is 37.6 Å². The average molecular weight is 438 g/mol. The summed E-state index contributed by atoms with van der Waals surface area (Å²) < 4.78 is 25.6. The fourth-order valence-electron chi connectivity index (χ4n) is 2.37. The van der Waals surface area contributed by atoms with Crippen molar-refractivity contribution in [3.63, 3.8) is 0 Å². The number of anilines is 1. The summed E-state index contributed by atoms with van der Waals surface area (Å²) in [6, 6.07) is 11.1. The van der Waals surface area contributed by atoms with E-state index in [4.69, 9.17) is 11.6 Å². The van der Waals surface area contributed by atoms with Gasteiger partial charge in [0.15, 0.2) is 0 Å². The van der Waals surface area contributed by atoms with Crippen LogP contribution in [0, 0.1) is 5.92 Å². The number of hydrogen-bond acceptors (Lipinski definition) is 4. The summed E-state index contributed by atoms with van der Waals surface area (Å²) in [6.45, 7) is 3.78. The molecule has 2 aromatic carbocycles. The van der Waals surface area contributed by atoms with Gasteiger partial charge in [0, 0.05) is 32.2 Å². The Morgan fingerprint density at radius 2 is 1.79 bits per heavy atom. The molecule has 9 heteroatoms. The largest absolute Gasteiger partial charge is 0.348 e. The number of halogens is 1. The Labute approximate surface area is 176 Å². The quantitative estimate of drug-likeness (QED) is 0.695. The monoisotopic (exact) mass is 437 g/mol. The second-order valence-corrected chi connectivity index (χ2v) is 9.52. The van der Waals surface area contributed by atoms with E-state index in [1.54, 1.807) is 38.1 Å². The molecule has 0 saturated carbocycles. The molecule has 0 saturated heterocycles. The smallest absolute Gasteiger partial charge is 0.253 e. The van der Waals surface area contributed by atoms with Crippen molar-refractivity contribution < 1.29 is 18.0 Å². The van der Waals surface area contributed by atoms with Gasteiger partial charge in [0.05, 0.1) is 15.5 Å². The van der Waals surface area contributed by atoms with Crippen LogP contribution in [0.5, 0.6) is 0 Å². The van der Waals surface area contributed by atoms with Crippen LogP contribution in [0.1, 0.15) is 29.8 Å². The predicted octanol–water partition coefficient (Wildman–Crippen LogP) is 3.11. The van der Waals surface area contributed by atoms with E-state index in [0.717, 1.165) is 9.87 Å². The Morgan fingerprint density at radius 1 is 1.10 bits per heavy atom. The molecule has 2 N–H and O–H groups in total. The van der Waals surface area contributed by atoms with Gasteiger partial charge in [-0.2, -0.15) is 0 Å². The Bertz CT molecular complexity index is 1020. The van der Waals surface area contributed by atoms with Gasteiger partial charge in [0.1, 0.15) is 0 Å². The van der Waals surface area contributed by atoms with Gasteiger partial charge in [-0.3, -0.25) is 9.59 Å². The molecular formula is C20H24ClN3O4S. The molecule has 0 atom stereocenters. The minimum absolute atomic E-state index is 0.0181. The SMILES string of the molecule is CC(C)C(=O)Nc1cccc(CNC(=O)c2cc(S(=O)(=O)N(C)C)ccc2Cl)c1. The van der Waals surface area contributed by atoms with Crippen LogP contribution in [0.4, 0.5) is 5.69 Å². The molecule has 2 amide bonds. The number of benzene rings is 2. The highest BCUT2D eigenvalue weighted by atomic mass is 35.5.